The van der Waals surface area contributed by atoms with Gasteiger partial charge in [0.2, 0.25) is 10.0 Å². The Morgan fingerprint density at radius 2 is 1.79 bits per heavy atom. The Balaban J connectivity index is 1.75. The van der Waals surface area contributed by atoms with E-state index in [0.717, 1.165) is 16.4 Å². The van der Waals surface area contributed by atoms with Gasteiger partial charge in [-0.2, -0.15) is 17.5 Å². The first kappa shape index (κ1) is 21.7. The highest BCUT2D eigenvalue weighted by molar-refractivity contribution is 7.89. The van der Waals surface area contributed by atoms with E-state index in [1.54, 1.807) is 12.1 Å². The Kier molecular flexibility index (Phi) is 5.98. The summed E-state index contributed by atoms with van der Waals surface area (Å²) in [5.41, 5.74) is -1.10. The van der Waals surface area contributed by atoms with E-state index in [0.29, 0.717) is 18.2 Å². The van der Waals surface area contributed by atoms with E-state index in [1.807, 2.05) is 6.92 Å². The fourth-order valence-electron chi connectivity index (χ4n) is 2.99. The predicted octanol–water partition coefficient (Wildman–Crippen LogP) is 3.66. The number of hydrogen-bond donors (Lipinski definition) is 0. The molecule has 158 valence electrons. The molecule has 0 aliphatic carbocycles. The SMILES string of the molecule is CCc1ccc(C(=O)N2CCN(S(=O)(=O)c3cc(C(F)(F)F)ccc3Cl)CC2)o1. The van der Waals surface area contributed by atoms with Crippen LogP contribution in [-0.4, -0.2) is 49.7 Å². The van der Waals surface area contributed by atoms with E-state index in [1.165, 1.54) is 4.90 Å². The van der Waals surface area contributed by atoms with E-state index >= 15 is 0 Å². The minimum atomic E-state index is -4.69. The molecular weight excluding hydrogens is 433 g/mol. The molecule has 6 nitrogen and oxygen atoms in total. The Morgan fingerprint density at radius 1 is 1.14 bits per heavy atom. The standard InChI is InChI=1S/C18H18ClF3N2O4S/c1-2-13-4-6-15(28-13)17(25)23-7-9-24(10-8-23)29(26,27)16-11-12(18(20,21)22)3-5-14(16)19/h3-6,11H,2,7-10H2,1H3. The van der Waals surface area contributed by atoms with Gasteiger partial charge in [-0.1, -0.05) is 18.5 Å². The van der Waals surface area contributed by atoms with Crippen molar-refractivity contribution >= 4 is 27.5 Å². The molecule has 0 N–H and O–H groups in total. The Morgan fingerprint density at radius 3 is 2.34 bits per heavy atom. The number of alkyl halides is 3. The predicted molar refractivity (Wildman–Crippen MR) is 99.2 cm³/mol. The quantitative estimate of drug-likeness (QED) is 0.712. The molecule has 3 rings (SSSR count). The zero-order chi connectivity index (χ0) is 21.4. The van der Waals surface area contributed by atoms with Crippen LogP contribution in [0.25, 0.3) is 0 Å². The lowest BCUT2D eigenvalue weighted by atomic mass is 10.2. The van der Waals surface area contributed by atoms with Gasteiger partial charge in [-0.05, 0) is 30.3 Å². The molecule has 1 aromatic carbocycles. The maximum absolute atomic E-state index is 13.0. The second kappa shape index (κ2) is 8.00. The third-order valence-corrected chi connectivity index (χ3v) is 7.00. The number of carbonyl (C=O) groups excluding carboxylic acids is 1. The molecule has 0 bridgehead atoms. The lowest BCUT2D eigenvalue weighted by Crippen LogP contribution is -2.50. The number of amides is 1. The first-order valence-electron chi connectivity index (χ1n) is 8.79. The Labute approximate surface area is 170 Å². The lowest BCUT2D eigenvalue weighted by Gasteiger charge is -2.33. The van der Waals surface area contributed by atoms with Crippen molar-refractivity contribution in [2.45, 2.75) is 24.4 Å². The van der Waals surface area contributed by atoms with Crippen molar-refractivity contribution in [3.63, 3.8) is 0 Å². The minimum absolute atomic E-state index is 0.0675. The van der Waals surface area contributed by atoms with Gasteiger partial charge in [-0.3, -0.25) is 4.79 Å². The van der Waals surface area contributed by atoms with Crippen LogP contribution in [0.2, 0.25) is 5.02 Å². The molecule has 0 unspecified atom stereocenters. The topological polar surface area (TPSA) is 70.8 Å². The number of rotatable bonds is 4. The molecule has 1 amide bonds. The summed E-state index contributed by atoms with van der Waals surface area (Å²) in [6.45, 7) is 1.91. The van der Waals surface area contributed by atoms with Gasteiger partial charge >= 0.3 is 6.18 Å². The number of nitrogens with zero attached hydrogens (tertiary/aromatic N) is 2. The highest BCUT2D eigenvalue weighted by atomic mass is 35.5. The molecule has 0 spiro atoms. The number of aryl methyl sites for hydroxylation is 1. The third kappa shape index (κ3) is 4.44. The van der Waals surface area contributed by atoms with Crippen molar-refractivity contribution in [2.75, 3.05) is 26.2 Å². The summed E-state index contributed by atoms with van der Waals surface area (Å²) < 4.78 is 71.0. The summed E-state index contributed by atoms with van der Waals surface area (Å²) in [6.07, 6.45) is -4.06. The number of sulfonamides is 1. The van der Waals surface area contributed by atoms with Crippen molar-refractivity contribution in [3.05, 3.63) is 52.4 Å². The van der Waals surface area contributed by atoms with Crippen LogP contribution in [-0.2, 0) is 22.6 Å². The monoisotopic (exact) mass is 450 g/mol. The van der Waals surface area contributed by atoms with Gasteiger partial charge in [0, 0.05) is 32.6 Å². The first-order chi connectivity index (χ1) is 13.5. The molecule has 1 aliphatic rings. The van der Waals surface area contributed by atoms with Crippen LogP contribution in [0.15, 0.2) is 39.6 Å². The summed E-state index contributed by atoms with van der Waals surface area (Å²) in [4.78, 5) is 13.3. The highest BCUT2D eigenvalue weighted by Crippen LogP contribution is 2.34. The number of furan rings is 1. The van der Waals surface area contributed by atoms with E-state index in [2.05, 4.69) is 0 Å². The van der Waals surface area contributed by atoms with Crippen LogP contribution in [0.4, 0.5) is 13.2 Å². The Hall–Kier alpha value is -2.04. The summed E-state index contributed by atoms with van der Waals surface area (Å²) in [5.74, 6) is 0.465. The van der Waals surface area contributed by atoms with Crippen LogP contribution in [0.1, 0.15) is 28.8 Å². The molecule has 2 heterocycles. The van der Waals surface area contributed by atoms with Crippen LogP contribution < -0.4 is 0 Å². The second-order valence-corrected chi connectivity index (χ2v) is 8.77. The largest absolute Gasteiger partial charge is 0.456 e. The number of halogens is 4. The minimum Gasteiger partial charge on any atom is -0.456 e. The van der Waals surface area contributed by atoms with Gasteiger partial charge in [-0.15, -0.1) is 0 Å². The average Bonchev–Trinajstić information content (AvgIpc) is 3.16. The zero-order valence-electron chi connectivity index (χ0n) is 15.4. The Bertz CT molecular complexity index is 1010. The van der Waals surface area contributed by atoms with Crippen molar-refractivity contribution < 1.29 is 30.8 Å². The molecule has 29 heavy (non-hydrogen) atoms. The van der Waals surface area contributed by atoms with Gasteiger partial charge in [0.25, 0.3) is 5.91 Å². The number of benzene rings is 1. The number of piperazine rings is 1. The molecule has 11 heteroatoms. The maximum atomic E-state index is 13.0. The summed E-state index contributed by atoms with van der Waals surface area (Å²) in [5, 5.41) is -0.292. The van der Waals surface area contributed by atoms with Gasteiger partial charge in [0.1, 0.15) is 10.7 Å². The lowest BCUT2D eigenvalue weighted by molar-refractivity contribution is -0.137. The average molecular weight is 451 g/mol. The highest BCUT2D eigenvalue weighted by Gasteiger charge is 2.36. The normalized spacial score (nSPS) is 16.2. The van der Waals surface area contributed by atoms with Gasteiger partial charge in [0.05, 0.1) is 10.6 Å². The van der Waals surface area contributed by atoms with Crippen molar-refractivity contribution in [1.82, 2.24) is 9.21 Å². The van der Waals surface area contributed by atoms with E-state index in [9.17, 15) is 26.4 Å². The van der Waals surface area contributed by atoms with E-state index < -0.39 is 26.7 Å². The molecule has 2 aromatic rings. The summed E-state index contributed by atoms with van der Waals surface area (Å²) in [7, 11) is -4.25. The van der Waals surface area contributed by atoms with Gasteiger partial charge in [-0.25, -0.2) is 8.42 Å². The van der Waals surface area contributed by atoms with Crippen LogP contribution in [0, 0.1) is 0 Å². The van der Waals surface area contributed by atoms with E-state index in [4.69, 9.17) is 16.0 Å². The van der Waals surface area contributed by atoms with Crippen LogP contribution >= 0.6 is 11.6 Å². The van der Waals surface area contributed by atoms with Gasteiger partial charge in [0.15, 0.2) is 5.76 Å². The van der Waals surface area contributed by atoms with Crippen LogP contribution in [0.3, 0.4) is 0 Å². The molecule has 1 aliphatic heterocycles. The molecule has 1 saturated heterocycles. The molecule has 1 fully saturated rings. The van der Waals surface area contributed by atoms with E-state index in [-0.39, 0.29) is 42.9 Å². The number of carbonyl (C=O) groups is 1. The molecule has 1 aromatic heterocycles. The van der Waals surface area contributed by atoms with Crippen molar-refractivity contribution in [2.24, 2.45) is 0 Å². The van der Waals surface area contributed by atoms with Crippen molar-refractivity contribution in [3.8, 4) is 0 Å². The molecular formula is C18H18ClF3N2O4S. The zero-order valence-corrected chi connectivity index (χ0v) is 16.9. The number of hydrogen-bond acceptors (Lipinski definition) is 4. The fourth-order valence-corrected chi connectivity index (χ4v) is 4.91. The van der Waals surface area contributed by atoms with Gasteiger partial charge < -0.3 is 9.32 Å². The smallest absolute Gasteiger partial charge is 0.416 e. The molecule has 0 saturated carbocycles. The molecule has 0 atom stereocenters. The van der Waals surface area contributed by atoms with Crippen molar-refractivity contribution in [1.29, 1.82) is 0 Å². The molecule has 0 radical (unpaired) electrons. The fraction of sp³-hybridized carbons (Fsp3) is 0.389. The summed E-state index contributed by atoms with van der Waals surface area (Å²) in [6, 6.07) is 5.44. The maximum Gasteiger partial charge on any atom is 0.416 e. The summed E-state index contributed by atoms with van der Waals surface area (Å²) >= 11 is 5.88. The first-order valence-corrected chi connectivity index (χ1v) is 10.6. The second-order valence-electron chi connectivity index (χ2n) is 6.46. The third-order valence-electron chi connectivity index (χ3n) is 4.62. The van der Waals surface area contributed by atoms with Crippen LogP contribution in [0.5, 0.6) is 0 Å².